The fraction of sp³-hybridized carbons (Fsp3) is 1.00. The average Bonchev–Trinajstić information content (AvgIpc) is 2.78. The van der Waals surface area contributed by atoms with E-state index in [4.69, 9.17) is 0 Å². The number of likely N-dealkylation sites (N-methyl/N-ethyl adjacent to an activating group) is 2. The minimum Gasteiger partial charge on any atom is -0.319 e. The van der Waals surface area contributed by atoms with E-state index in [-0.39, 0.29) is 0 Å². The van der Waals surface area contributed by atoms with Gasteiger partial charge in [0, 0.05) is 25.7 Å². The van der Waals surface area contributed by atoms with Crippen molar-refractivity contribution in [2.24, 2.45) is 5.41 Å². The third-order valence-electron chi connectivity index (χ3n) is 5.02. The van der Waals surface area contributed by atoms with Crippen LogP contribution in [-0.4, -0.2) is 63.2 Å². The molecule has 0 aromatic carbocycles. The molecule has 1 aliphatic carbocycles. The van der Waals surface area contributed by atoms with E-state index in [1.165, 1.54) is 64.7 Å². The Morgan fingerprint density at radius 1 is 1.28 bits per heavy atom. The second-order valence-corrected chi connectivity index (χ2v) is 6.71. The quantitative estimate of drug-likeness (QED) is 0.806. The van der Waals surface area contributed by atoms with Crippen molar-refractivity contribution in [1.29, 1.82) is 0 Å². The molecule has 2 fully saturated rings. The van der Waals surface area contributed by atoms with Crippen LogP contribution in [0.4, 0.5) is 0 Å². The highest BCUT2D eigenvalue weighted by Crippen LogP contribution is 2.38. The first-order valence-electron chi connectivity index (χ1n) is 7.69. The van der Waals surface area contributed by atoms with E-state index < -0.39 is 0 Å². The maximum Gasteiger partial charge on any atom is 0.0220 e. The monoisotopic (exact) mass is 253 g/mol. The van der Waals surface area contributed by atoms with Crippen molar-refractivity contribution in [3.63, 3.8) is 0 Å². The van der Waals surface area contributed by atoms with E-state index >= 15 is 0 Å². The van der Waals surface area contributed by atoms with Crippen molar-refractivity contribution in [3.05, 3.63) is 0 Å². The molecule has 0 bridgehead atoms. The lowest BCUT2D eigenvalue weighted by Crippen LogP contribution is -2.49. The Kier molecular flexibility index (Phi) is 5.05. The molecule has 0 aromatic rings. The summed E-state index contributed by atoms with van der Waals surface area (Å²) in [5.41, 5.74) is 0.555. The zero-order valence-corrected chi connectivity index (χ0v) is 12.5. The van der Waals surface area contributed by atoms with E-state index in [1.54, 1.807) is 0 Å². The molecular weight excluding hydrogens is 222 g/mol. The van der Waals surface area contributed by atoms with Gasteiger partial charge in [-0.05, 0) is 58.8 Å². The molecule has 1 aliphatic heterocycles. The number of piperidine rings is 1. The van der Waals surface area contributed by atoms with Gasteiger partial charge in [0.05, 0.1) is 0 Å². The zero-order valence-electron chi connectivity index (χ0n) is 12.5. The number of hydrogen-bond donors (Lipinski definition) is 1. The smallest absolute Gasteiger partial charge is 0.0220 e. The maximum absolute atomic E-state index is 3.43. The van der Waals surface area contributed by atoms with Gasteiger partial charge < -0.3 is 15.1 Å². The van der Waals surface area contributed by atoms with Crippen molar-refractivity contribution in [2.75, 3.05) is 47.3 Å². The molecule has 1 unspecified atom stereocenters. The van der Waals surface area contributed by atoms with Crippen molar-refractivity contribution in [3.8, 4) is 0 Å². The molecular formula is C15H31N3. The van der Waals surface area contributed by atoms with Crippen molar-refractivity contribution >= 4 is 0 Å². The Hall–Kier alpha value is -0.120. The van der Waals surface area contributed by atoms with Gasteiger partial charge in [-0.1, -0.05) is 12.8 Å². The molecule has 2 rings (SSSR count). The van der Waals surface area contributed by atoms with Gasteiger partial charge in [-0.3, -0.25) is 0 Å². The highest BCUT2D eigenvalue weighted by molar-refractivity contribution is 4.90. The second kappa shape index (κ2) is 6.36. The lowest BCUT2D eigenvalue weighted by molar-refractivity contribution is 0.0880. The molecule has 1 heterocycles. The molecule has 1 atom stereocenters. The fourth-order valence-corrected chi connectivity index (χ4v) is 4.05. The van der Waals surface area contributed by atoms with E-state index in [0.717, 1.165) is 6.04 Å². The second-order valence-electron chi connectivity index (χ2n) is 6.71. The Balaban J connectivity index is 1.89. The SMILES string of the molecule is CNCC1(CN(C)C2CCCN(C)C2)CCCC1. The zero-order chi connectivity index (χ0) is 13.0. The lowest BCUT2D eigenvalue weighted by atomic mass is 9.85. The standard InChI is InChI=1S/C15H31N3/c1-16-12-15(8-4-5-9-15)13-18(3)14-7-6-10-17(2)11-14/h14,16H,4-13H2,1-3H3. The molecule has 1 saturated heterocycles. The number of hydrogen-bond acceptors (Lipinski definition) is 3. The van der Waals surface area contributed by atoms with Crippen molar-refractivity contribution in [1.82, 2.24) is 15.1 Å². The molecule has 3 nitrogen and oxygen atoms in total. The van der Waals surface area contributed by atoms with Crippen LogP contribution in [0.15, 0.2) is 0 Å². The minimum atomic E-state index is 0.555. The van der Waals surface area contributed by atoms with Crippen molar-refractivity contribution in [2.45, 2.75) is 44.6 Å². The van der Waals surface area contributed by atoms with Gasteiger partial charge in [0.25, 0.3) is 0 Å². The van der Waals surface area contributed by atoms with Crippen LogP contribution in [0.1, 0.15) is 38.5 Å². The van der Waals surface area contributed by atoms with Crippen LogP contribution >= 0.6 is 0 Å². The van der Waals surface area contributed by atoms with Gasteiger partial charge in [-0.15, -0.1) is 0 Å². The molecule has 0 amide bonds. The first-order chi connectivity index (χ1) is 8.65. The molecule has 18 heavy (non-hydrogen) atoms. The van der Waals surface area contributed by atoms with E-state index in [2.05, 4.69) is 36.3 Å². The summed E-state index contributed by atoms with van der Waals surface area (Å²) in [6.45, 7) is 5.02. The van der Waals surface area contributed by atoms with Crippen LogP contribution in [0.2, 0.25) is 0 Å². The first-order valence-corrected chi connectivity index (χ1v) is 7.69. The van der Waals surface area contributed by atoms with Gasteiger partial charge in [-0.2, -0.15) is 0 Å². The van der Waals surface area contributed by atoms with Gasteiger partial charge in [0.2, 0.25) is 0 Å². The van der Waals surface area contributed by atoms with Gasteiger partial charge in [0.15, 0.2) is 0 Å². The summed E-state index contributed by atoms with van der Waals surface area (Å²) >= 11 is 0. The van der Waals surface area contributed by atoms with E-state index in [0.29, 0.717) is 5.41 Å². The molecule has 0 aromatic heterocycles. The summed E-state index contributed by atoms with van der Waals surface area (Å²) < 4.78 is 0. The Morgan fingerprint density at radius 3 is 2.61 bits per heavy atom. The third kappa shape index (κ3) is 3.46. The number of rotatable bonds is 5. The largest absolute Gasteiger partial charge is 0.319 e. The van der Waals surface area contributed by atoms with Crippen LogP contribution in [0.5, 0.6) is 0 Å². The summed E-state index contributed by atoms with van der Waals surface area (Å²) in [6, 6.07) is 0.776. The predicted molar refractivity (Wildman–Crippen MR) is 78.0 cm³/mol. The predicted octanol–water partition coefficient (Wildman–Crippen LogP) is 1.79. The average molecular weight is 253 g/mol. The number of nitrogens with zero attached hydrogens (tertiary/aromatic N) is 2. The normalized spacial score (nSPS) is 29.0. The fourth-order valence-electron chi connectivity index (χ4n) is 4.05. The minimum absolute atomic E-state index is 0.555. The molecule has 2 aliphatic rings. The molecule has 0 radical (unpaired) electrons. The van der Waals surface area contributed by atoms with Gasteiger partial charge in [0.1, 0.15) is 0 Å². The molecule has 106 valence electrons. The highest BCUT2D eigenvalue weighted by Gasteiger charge is 2.36. The molecule has 3 heteroatoms. The Morgan fingerprint density at radius 2 is 2.00 bits per heavy atom. The van der Waals surface area contributed by atoms with E-state index in [1.807, 2.05) is 0 Å². The summed E-state index contributed by atoms with van der Waals surface area (Å²) in [6.07, 6.45) is 8.45. The van der Waals surface area contributed by atoms with Gasteiger partial charge in [-0.25, -0.2) is 0 Å². The van der Waals surface area contributed by atoms with Crippen LogP contribution in [0.3, 0.4) is 0 Å². The molecule has 0 spiro atoms. The topological polar surface area (TPSA) is 18.5 Å². The lowest BCUT2D eigenvalue weighted by Gasteiger charge is -2.41. The van der Waals surface area contributed by atoms with Crippen LogP contribution in [-0.2, 0) is 0 Å². The maximum atomic E-state index is 3.43. The first kappa shape index (κ1) is 14.3. The number of nitrogens with one attached hydrogen (secondary N) is 1. The Labute approximate surface area is 113 Å². The van der Waals surface area contributed by atoms with Crippen LogP contribution < -0.4 is 5.32 Å². The summed E-state index contributed by atoms with van der Waals surface area (Å²) in [5.74, 6) is 0. The number of likely N-dealkylation sites (tertiary alicyclic amines) is 1. The Bertz CT molecular complexity index is 248. The third-order valence-corrected chi connectivity index (χ3v) is 5.02. The summed E-state index contributed by atoms with van der Waals surface area (Å²) in [5, 5.41) is 3.43. The molecule has 1 N–H and O–H groups in total. The van der Waals surface area contributed by atoms with Gasteiger partial charge >= 0.3 is 0 Å². The highest BCUT2D eigenvalue weighted by atomic mass is 15.2. The van der Waals surface area contributed by atoms with E-state index in [9.17, 15) is 0 Å². The summed E-state index contributed by atoms with van der Waals surface area (Å²) in [4.78, 5) is 5.14. The van der Waals surface area contributed by atoms with Crippen LogP contribution in [0.25, 0.3) is 0 Å². The molecule has 1 saturated carbocycles. The van der Waals surface area contributed by atoms with Crippen molar-refractivity contribution < 1.29 is 0 Å². The summed E-state index contributed by atoms with van der Waals surface area (Å²) in [7, 11) is 6.72. The van der Waals surface area contributed by atoms with Crippen LogP contribution in [0, 0.1) is 5.41 Å².